The van der Waals surface area contributed by atoms with Gasteiger partial charge in [-0.2, -0.15) is 0 Å². The predicted octanol–water partition coefficient (Wildman–Crippen LogP) is 16.2. The Labute approximate surface area is 364 Å². The van der Waals surface area contributed by atoms with Crippen molar-refractivity contribution in [1.29, 1.82) is 0 Å². The highest BCUT2D eigenvalue weighted by Gasteiger charge is 2.39. The van der Waals surface area contributed by atoms with E-state index in [1.807, 2.05) is 0 Å². The van der Waals surface area contributed by atoms with Crippen molar-refractivity contribution >= 4 is 38.9 Å². The van der Waals surface area contributed by atoms with E-state index in [1.54, 1.807) is 0 Å². The molecule has 0 fully saturated rings. The number of hydrogen-bond acceptors (Lipinski definition) is 1. The third kappa shape index (κ3) is 5.23. The largest absolute Gasteiger partial charge is 0.310 e. The van der Waals surface area contributed by atoms with Crippen molar-refractivity contribution in [2.75, 3.05) is 4.90 Å². The molecular weight excluding hydrogens is 749 g/mol. The second-order valence-corrected chi connectivity index (χ2v) is 18.1. The van der Waals surface area contributed by atoms with E-state index in [2.05, 4.69) is 243 Å². The van der Waals surface area contributed by atoms with Crippen LogP contribution in [0.2, 0.25) is 0 Å². The van der Waals surface area contributed by atoms with Crippen molar-refractivity contribution in [3.05, 3.63) is 229 Å². The van der Waals surface area contributed by atoms with Gasteiger partial charge in [-0.15, -0.1) is 0 Å². The fraction of sp³-hybridized carbons (Fsp3) is 0.100. The Morgan fingerprint density at radius 3 is 1.69 bits per heavy atom. The summed E-state index contributed by atoms with van der Waals surface area (Å²) in [6.07, 6.45) is 0. The minimum Gasteiger partial charge on any atom is -0.310 e. The van der Waals surface area contributed by atoms with Crippen LogP contribution in [0.15, 0.2) is 206 Å². The van der Waals surface area contributed by atoms with E-state index in [1.165, 1.54) is 94.3 Å². The molecule has 0 radical (unpaired) electrons. The Morgan fingerprint density at radius 1 is 0.387 bits per heavy atom. The maximum Gasteiger partial charge on any atom is 0.0547 e. The molecule has 0 saturated carbocycles. The summed E-state index contributed by atoms with van der Waals surface area (Å²) in [5, 5.41) is 2.51. The first kappa shape index (κ1) is 36.4. The molecule has 2 heteroatoms. The fourth-order valence-electron chi connectivity index (χ4n) is 11.2. The van der Waals surface area contributed by atoms with Crippen LogP contribution >= 0.6 is 0 Å². The zero-order chi connectivity index (χ0) is 41.7. The van der Waals surface area contributed by atoms with E-state index in [0.29, 0.717) is 0 Å². The molecule has 2 aliphatic rings. The lowest BCUT2D eigenvalue weighted by atomic mass is 9.79. The summed E-state index contributed by atoms with van der Waals surface area (Å²) in [4.78, 5) is 2.51. The summed E-state index contributed by atoms with van der Waals surface area (Å²) in [5.74, 6) is 0. The number of para-hydroxylation sites is 2. The standard InChI is InChI=1S/C60H46N2/c1-59(2)51-32-12-9-26-48(51)57-52(59)33-18-36-55(57)61(43-24-15-20-40(38-43)45-29-16-30-47-46-25-8-11-31-50(46)60(3,4)58(45)47)42-23-14-19-39(37-42)44-28-17-35-54-56(44)49-27-10-13-34-53(49)62(54)41-21-6-5-7-22-41/h5-38H,1-4H3. The second-order valence-electron chi connectivity index (χ2n) is 18.1. The Balaban J connectivity index is 1.09. The molecule has 12 rings (SSSR count). The quantitative estimate of drug-likeness (QED) is 0.163. The number of aromatic nitrogens is 1. The molecule has 2 nitrogen and oxygen atoms in total. The average molecular weight is 795 g/mol. The minimum atomic E-state index is -0.134. The molecular formula is C60H46N2. The highest BCUT2D eigenvalue weighted by atomic mass is 15.1. The van der Waals surface area contributed by atoms with E-state index >= 15 is 0 Å². The van der Waals surface area contributed by atoms with Crippen LogP contribution in [0, 0.1) is 0 Å². The monoisotopic (exact) mass is 794 g/mol. The molecule has 0 saturated heterocycles. The summed E-state index contributed by atoms with van der Waals surface area (Å²) < 4.78 is 2.41. The Kier molecular flexibility index (Phi) is 7.96. The second kappa shape index (κ2) is 13.5. The Hall–Kier alpha value is -7.42. The maximum atomic E-state index is 2.51. The van der Waals surface area contributed by atoms with E-state index in [-0.39, 0.29) is 10.8 Å². The average Bonchev–Trinajstić information content (AvgIpc) is 3.87. The van der Waals surface area contributed by atoms with Crippen molar-refractivity contribution in [2.24, 2.45) is 0 Å². The normalized spacial score (nSPS) is 14.1. The van der Waals surface area contributed by atoms with E-state index < -0.39 is 0 Å². The lowest BCUT2D eigenvalue weighted by Gasteiger charge is -2.30. The van der Waals surface area contributed by atoms with Gasteiger partial charge in [0.1, 0.15) is 0 Å². The Morgan fingerprint density at radius 2 is 0.919 bits per heavy atom. The van der Waals surface area contributed by atoms with Crippen molar-refractivity contribution in [3.63, 3.8) is 0 Å². The highest BCUT2D eigenvalue weighted by Crippen LogP contribution is 2.56. The lowest BCUT2D eigenvalue weighted by molar-refractivity contribution is 0.660. The van der Waals surface area contributed by atoms with Gasteiger partial charge in [-0.05, 0) is 116 Å². The van der Waals surface area contributed by atoms with Gasteiger partial charge in [0.05, 0.1) is 16.7 Å². The van der Waals surface area contributed by atoms with Crippen LogP contribution in [-0.2, 0) is 10.8 Å². The van der Waals surface area contributed by atoms with Gasteiger partial charge in [0.25, 0.3) is 0 Å². The molecule has 1 aromatic heterocycles. The van der Waals surface area contributed by atoms with Gasteiger partial charge in [-0.3, -0.25) is 0 Å². The lowest BCUT2D eigenvalue weighted by Crippen LogP contribution is -2.16. The maximum absolute atomic E-state index is 2.51. The van der Waals surface area contributed by atoms with E-state index in [9.17, 15) is 0 Å². The van der Waals surface area contributed by atoms with Gasteiger partial charge in [0, 0.05) is 44.2 Å². The van der Waals surface area contributed by atoms with E-state index in [0.717, 1.165) is 17.1 Å². The zero-order valence-electron chi connectivity index (χ0n) is 35.5. The molecule has 0 spiro atoms. The van der Waals surface area contributed by atoms with Crippen LogP contribution in [0.3, 0.4) is 0 Å². The van der Waals surface area contributed by atoms with Crippen molar-refractivity contribution < 1.29 is 0 Å². The van der Waals surface area contributed by atoms with Crippen LogP contribution in [0.5, 0.6) is 0 Å². The highest BCUT2D eigenvalue weighted by molar-refractivity contribution is 6.16. The number of benzene rings is 9. The number of fused-ring (bicyclic) bond motifs is 9. The van der Waals surface area contributed by atoms with Crippen LogP contribution in [0.1, 0.15) is 49.9 Å². The van der Waals surface area contributed by atoms with E-state index in [4.69, 9.17) is 0 Å². The third-order valence-electron chi connectivity index (χ3n) is 13.9. The first-order valence-corrected chi connectivity index (χ1v) is 21.9. The van der Waals surface area contributed by atoms with Gasteiger partial charge in [0.15, 0.2) is 0 Å². The molecule has 0 N–H and O–H groups in total. The minimum absolute atomic E-state index is 0.132. The van der Waals surface area contributed by atoms with Gasteiger partial charge in [0.2, 0.25) is 0 Å². The molecule has 0 unspecified atom stereocenters. The molecule has 0 bridgehead atoms. The number of nitrogens with zero attached hydrogens (tertiary/aromatic N) is 2. The smallest absolute Gasteiger partial charge is 0.0547 e. The molecule has 0 atom stereocenters. The summed E-state index contributed by atoms with van der Waals surface area (Å²) >= 11 is 0. The summed E-state index contributed by atoms with van der Waals surface area (Å²) in [5.41, 5.74) is 22.4. The number of anilines is 3. The molecule has 296 valence electrons. The molecule has 62 heavy (non-hydrogen) atoms. The van der Waals surface area contributed by atoms with Gasteiger partial charge >= 0.3 is 0 Å². The number of hydrogen-bond donors (Lipinski definition) is 0. The summed E-state index contributed by atoms with van der Waals surface area (Å²) in [6.45, 7) is 9.50. The Bertz CT molecular complexity index is 3420. The summed E-state index contributed by atoms with van der Waals surface area (Å²) in [7, 11) is 0. The molecule has 1 heterocycles. The van der Waals surface area contributed by atoms with Crippen LogP contribution in [0.4, 0.5) is 17.1 Å². The molecule has 0 aliphatic heterocycles. The zero-order valence-corrected chi connectivity index (χ0v) is 35.5. The van der Waals surface area contributed by atoms with Crippen LogP contribution in [-0.4, -0.2) is 4.57 Å². The van der Waals surface area contributed by atoms with Crippen LogP contribution in [0.25, 0.3) is 72.0 Å². The molecule has 9 aromatic carbocycles. The molecule has 2 aliphatic carbocycles. The number of rotatable bonds is 6. The first-order chi connectivity index (χ1) is 30.3. The van der Waals surface area contributed by atoms with Crippen molar-refractivity contribution in [3.8, 4) is 50.2 Å². The van der Waals surface area contributed by atoms with Crippen molar-refractivity contribution in [1.82, 2.24) is 4.57 Å². The van der Waals surface area contributed by atoms with Gasteiger partial charge < -0.3 is 9.47 Å². The SMILES string of the molecule is CC1(C)c2ccccc2-c2c(N(c3cccc(-c4cccc5c4C(C)(C)c4ccccc4-5)c3)c3cccc(-c4cccc5c4c4ccccc4n5-c4ccccc4)c3)cccc21. The fourth-order valence-corrected chi connectivity index (χ4v) is 11.2. The first-order valence-electron chi connectivity index (χ1n) is 21.9. The molecule has 10 aromatic rings. The molecule has 0 amide bonds. The third-order valence-corrected chi connectivity index (χ3v) is 13.9. The summed E-state index contributed by atoms with van der Waals surface area (Å²) in [6, 6.07) is 76.5. The van der Waals surface area contributed by atoms with Crippen LogP contribution < -0.4 is 4.90 Å². The van der Waals surface area contributed by atoms with Gasteiger partial charge in [-0.25, -0.2) is 0 Å². The van der Waals surface area contributed by atoms with Gasteiger partial charge in [-0.1, -0.05) is 179 Å². The van der Waals surface area contributed by atoms with Crippen molar-refractivity contribution in [2.45, 2.75) is 38.5 Å². The predicted molar refractivity (Wildman–Crippen MR) is 261 cm³/mol. The topological polar surface area (TPSA) is 8.17 Å².